The second-order valence-electron chi connectivity index (χ2n) is 3.83. The molecule has 0 aliphatic carbocycles. The molecule has 0 radical (unpaired) electrons. The van der Waals surface area contributed by atoms with E-state index in [4.69, 9.17) is 5.26 Å². The smallest absolute Gasteiger partial charge is 0.293 e. The molecule has 5 nitrogen and oxygen atoms in total. The highest BCUT2D eigenvalue weighted by Crippen LogP contribution is 2.32. The van der Waals surface area contributed by atoms with Crippen LogP contribution >= 0.6 is 23.5 Å². The number of nitrogens with zero attached hydrogens (tertiary/aromatic N) is 2. The molecule has 1 aromatic rings. The van der Waals surface area contributed by atoms with Crippen molar-refractivity contribution >= 4 is 34.9 Å². The highest BCUT2D eigenvalue weighted by Gasteiger charge is 2.20. The van der Waals surface area contributed by atoms with Gasteiger partial charge in [-0.2, -0.15) is 5.26 Å². The standard InChI is InChI=1S/C12H11N3O2S2/c1-18-9-2-3-10(12(4-9)15(16)17)14-11-7-19-6-8(11)5-13/h2-4,14H,6-7H2,1H3. The van der Waals surface area contributed by atoms with Crippen molar-refractivity contribution in [3.63, 3.8) is 0 Å². The largest absolute Gasteiger partial charge is 0.352 e. The monoisotopic (exact) mass is 293 g/mol. The van der Waals surface area contributed by atoms with E-state index in [0.717, 1.165) is 10.6 Å². The van der Waals surface area contributed by atoms with Crippen LogP contribution in [-0.4, -0.2) is 22.7 Å². The fourth-order valence-corrected chi connectivity index (χ4v) is 3.13. The lowest BCUT2D eigenvalue weighted by Gasteiger charge is -2.09. The highest BCUT2D eigenvalue weighted by molar-refractivity contribution is 8.00. The van der Waals surface area contributed by atoms with Crippen molar-refractivity contribution in [2.24, 2.45) is 0 Å². The minimum absolute atomic E-state index is 0.0357. The molecular formula is C12H11N3O2S2. The third kappa shape index (κ3) is 3.03. The zero-order valence-corrected chi connectivity index (χ0v) is 11.8. The molecule has 0 aromatic heterocycles. The average molecular weight is 293 g/mol. The normalized spacial score (nSPS) is 14.3. The number of hydrogen-bond acceptors (Lipinski definition) is 6. The minimum Gasteiger partial charge on any atom is -0.352 e. The van der Waals surface area contributed by atoms with Crippen molar-refractivity contribution in [3.05, 3.63) is 39.6 Å². The highest BCUT2D eigenvalue weighted by atomic mass is 32.2. The lowest BCUT2D eigenvalue weighted by molar-refractivity contribution is -0.384. The van der Waals surface area contributed by atoms with Gasteiger partial charge >= 0.3 is 0 Å². The van der Waals surface area contributed by atoms with E-state index in [1.807, 2.05) is 12.3 Å². The van der Waals surface area contributed by atoms with Crippen LogP contribution in [0.3, 0.4) is 0 Å². The SMILES string of the molecule is CSc1ccc(NC2=C(C#N)CSC2)c([N+](=O)[O-])c1. The Kier molecular flexibility index (Phi) is 4.35. The average Bonchev–Trinajstić information content (AvgIpc) is 2.86. The van der Waals surface area contributed by atoms with Gasteiger partial charge in [-0.05, 0) is 18.4 Å². The number of nitrogens with one attached hydrogen (secondary N) is 1. The van der Waals surface area contributed by atoms with Crippen molar-refractivity contribution in [3.8, 4) is 6.07 Å². The second kappa shape index (κ2) is 5.99. The number of anilines is 1. The molecule has 0 unspecified atom stereocenters. The summed E-state index contributed by atoms with van der Waals surface area (Å²) >= 11 is 3.08. The number of thioether (sulfide) groups is 2. The van der Waals surface area contributed by atoms with E-state index in [1.54, 1.807) is 23.9 Å². The molecule has 0 atom stereocenters. The van der Waals surface area contributed by atoms with Crippen molar-refractivity contribution < 1.29 is 4.92 Å². The fourth-order valence-electron chi connectivity index (χ4n) is 1.70. The number of benzene rings is 1. The first-order valence-electron chi connectivity index (χ1n) is 5.45. The quantitative estimate of drug-likeness (QED) is 0.521. The molecule has 0 bridgehead atoms. The van der Waals surface area contributed by atoms with Crippen LogP contribution in [0.25, 0.3) is 0 Å². The summed E-state index contributed by atoms with van der Waals surface area (Å²) in [6.45, 7) is 0. The summed E-state index contributed by atoms with van der Waals surface area (Å²) in [5.74, 6) is 1.35. The van der Waals surface area contributed by atoms with Crippen molar-refractivity contribution in [2.45, 2.75) is 4.90 Å². The summed E-state index contributed by atoms with van der Waals surface area (Å²) in [6, 6.07) is 7.19. The van der Waals surface area contributed by atoms with Gasteiger partial charge in [-0.25, -0.2) is 0 Å². The van der Waals surface area contributed by atoms with Crippen LogP contribution in [0.15, 0.2) is 34.4 Å². The number of hydrogen-bond donors (Lipinski definition) is 1. The first-order valence-corrected chi connectivity index (χ1v) is 7.83. The Morgan fingerprint density at radius 3 is 2.95 bits per heavy atom. The summed E-state index contributed by atoms with van der Waals surface area (Å²) in [6.07, 6.45) is 1.87. The summed E-state index contributed by atoms with van der Waals surface area (Å²) in [7, 11) is 0. The van der Waals surface area contributed by atoms with Crippen LogP contribution in [0.5, 0.6) is 0 Å². The number of nitro benzene ring substituents is 1. The molecule has 1 heterocycles. The molecule has 0 fully saturated rings. The van der Waals surface area contributed by atoms with Gasteiger partial charge < -0.3 is 5.32 Å². The molecular weight excluding hydrogens is 282 g/mol. The first-order chi connectivity index (χ1) is 9.15. The minimum atomic E-state index is -0.406. The zero-order chi connectivity index (χ0) is 13.8. The summed E-state index contributed by atoms with van der Waals surface area (Å²) < 4.78 is 0. The van der Waals surface area contributed by atoms with Gasteiger partial charge in [0.25, 0.3) is 5.69 Å². The number of nitriles is 1. The molecule has 0 amide bonds. The first kappa shape index (κ1) is 13.8. The molecule has 0 saturated heterocycles. The molecule has 1 aliphatic rings. The van der Waals surface area contributed by atoms with Gasteiger partial charge in [-0.1, -0.05) is 0 Å². The third-order valence-electron chi connectivity index (χ3n) is 2.68. The lowest BCUT2D eigenvalue weighted by atomic mass is 10.2. The molecule has 98 valence electrons. The van der Waals surface area contributed by atoms with Gasteiger partial charge in [0.2, 0.25) is 0 Å². The van der Waals surface area contributed by atoms with E-state index in [-0.39, 0.29) is 5.69 Å². The van der Waals surface area contributed by atoms with E-state index in [2.05, 4.69) is 11.4 Å². The van der Waals surface area contributed by atoms with Crippen molar-refractivity contribution in [2.75, 3.05) is 23.1 Å². The molecule has 0 spiro atoms. The summed E-state index contributed by atoms with van der Waals surface area (Å²) in [4.78, 5) is 11.5. The van der Waals surface area contributed by atoms with Crippen LogP contribution < -0.4 is 5.32 Å². The number of rotatable bonds is 4. The zero-order valence-electron chi connectivity index (χ0n) is 10.2. The Balaban J connectivity index is 2.35. The van der Waals surface area contributed by atoms with Crippen LogP contribution in [-0.2, 0) is 0 Å². The maximum atomic E-state index is 11.1. The maximum absolute atomic E-state index is 11.1. The maximum Gasteiger partial charge on any atom is 0.293 e. The Bertz CT molecular complexity index is 593. The molecule has 19 heavy (non-hydrogen) atoms. The van der Waals surface area contributed by atoms with Gasteiger partial charge in [-0.15, -0.1) is 23.5 Å². The Labute approximate surface area is 119 Å². The lowest BCUT2D eigenvalue weighted by Crippen LogP contribution is -2.04. The van der Waals surface area contributed by atoms with E-state index in [9.17, 15) is 10.1 Å². The fraction of sp³-hybridized carbons (Fsp3) is 0.250. The van der Waals surface area contributed by atoms with Gasteiger partial charge in [-0.3, -0.25) is 10.1 Å². The van der Waals surface area contributed by atoms with Gasteiger partial charge in [0.15, 0.2) is 0 Å². The summed E-state index contributed by atoms with van der Waals surface area (Å²) in [5.41, 5.74) is 1.90. The molecule has 7 heteroatoms. The molecule has 0 saturated carbocycles. The van der Waals surface area contributed by atoms with E-state index in [1.165, 1.54) is 11.8 Å². The third-order valence-corrected chi connectivity index (χ3v) is 4.39. The van der Waals surface area contributed by atoms with Gasteiger partial charge in [0.05, 0.1) is 16.6 Å². The predicted molar refractivity (Wildman–Crippen MR) is 78.5 cm³/mol. The van der Waals surface area contributed by atoms with Crippen molar-refractivity contribution in [1.29, 1.82) is 5.26 Å². The Hall–Kier alpha value is -1.65. The Morgan fingerprint density at radius 1 is 1.53 bits per heavy atom. The van der Waals surface area contributed by atoms with Crippen LogP contribution in [0, 0.1) is 21.4 Å². The van der Waals surface area contributed by atoms with E-state index in [0.29, 0.717) is 22.8 Å². The van der Waals surface area contributed by atoms with Gasteiger partial charge in [0, 0.05) is 28.2 Å². The predicted octanol–water partition coefficient (Wildman–Crippen LogP) is 3.25. The van der Waals surface area contributed by atoms with Crippen LogP contribution in [0.4, 0.5) is 11.4 Å². The molecule has 1 N–H and O–H groups in total. The molecule has 1 aromatic carbocycles. The second-order valence-corrected chi connectivity index (χ2v) is 5.69. The van der Waals surface area contributed by atoms with E-state index >= 15 is 0 Å². The van der Waals surface area contributed by atoms with Gasteiger partial charge in [0.1, 0.15) is 5.69 Å². The van der Waals surface area contributed by atoms with E-state index < -0.39 is 4.92 Å². The topological polar surface area (TPSA) is 79.0 Å². The van der Waals surface area contributed by atoms with Crippen molar-refractivity contribution in [1.82, 2.24) is 0 Å². The molecule has 2 rings (SSSR count). The van der Waals surface area contributed by atoms with Crippen LogP contribution in [0.2, 0.25) is 0 Å². The number of nitro groups is 1. The Morgan fingerprint density at radius 2 is 2.32 bits per heavy atom. The summed E-state index contributed by atoms with van der Waals surface area (Å²) in [5, 5.41) is 23.1. The molecule has 1 aliphatic heterocycles. The van der Waals surface area contributed by atoms with Crippen LogP contribution in [0.1, 0.15) is 0 Å².